The Kier molecular flexibility index (Phi) is 5.04. The molecule has 0 fully saturated rings. The number of aromatic nitrogens is 1. The van der Waals surface area contributed by atoms with Crippen molar-refractivity contribution in [2.45, 2.75) is 26.9 Å². The standard InChI is InChI=1S/C24H22N2O3/c1-15-8-13-20(14-16(15)2)28-17(3)23(27)25-19-11-9-18(10-12-19)24-26-21-6-4-5-7-22(21)29-24/h4-14,17H,1-3H3,(H,25,27)/t17-/m1/s1. The topological polar surface area (TPSA) is 64.4 Å². The van der Waals surface area contributed by atoms with Crippen LogP contribution >= 0.6 is 0 Å². The van der Waals surface area contributed by atoms with Gasteiger partial charge in [0.1, 0.15) is 11.3 Å². The number of carbonyl (C=O) groups is 1. The summed E-state index contributed by atoms with van der Waals surface area (Å²) in [5.74, 6) is 1.02. The minimum absolute atomic E-state index is 0.210. The van der Waals surface area contributed by atoms with Gasteiger partial charge >= 0.3 is 0 Å². The summed E-state index contributed by atoms with van der Waals surface area (Å²) in [7, 11) is 0. The van der Waals surface area contributed by atoms with Gasteiger partial charge in [-0.2, -0.15) is 0 Å². The molecule has 3 aromatic carbocycles. The number of fused-ring (bicyclic) bond motifs is 1. The zero-order valence-corrected chi connectivity index (χ0v) is 16.6. The summed E-state index contributed by atoms with van der Waals surface area (Å²) >= 11 is 0. The van der Waals surface area contributed by atoms with Crippen molar-refractivity contribution in [1.82, 2.24) is 4.98 Å². The first-order chi connectivity index (χ1) is 14.0. The van der Waals surface area contributed by atoms with Crippen LogP contribution in [-0.2, 0) is 4.79 Å². The van der Waals surface area contributed by atoms with Gasteiger partial charge in [0.2, 0.25) is 5.89 Å². The minimum atomic E-state index is -0.617. The van der Waals surface area contributed by atoms with Crippen molar-refractivity contribution < 1.29 is 13.9 Å². The molecular formula is C24H22N2O3. The molecule has 5 heteroatoms. The van der Waals surface area contributed by atoms with Gasteiger partial charge in [-0.15, -0.1) is 0 Å². The molecule has 1 amide bonds. The van der Waals surface area contributed by atoms with E-state index < -0.39 is 6.10 Å². The lowest BCUT2D eigenvalue weighted by molar-refractivity contribution is -0.122. The van der Waals surface area contributed by atoms with Crippen LogP contribution in [-0.4, -0.2) is 17.0 Å². The molecule has 0 saturated carbocycles. The second-order valence-corrected chi connectivity index (χ2v) is 7.06. The molecule has 1 N–H and O–H groups in total. The Labute approximate surface area is 169 Å². The van der Waals surface area contributed by atoms with Crippen molar-refractivity contribution in [3.05, 3.63) is 77.9 Å². The Morgan fingerprint density at radius 2 is 1.76 bits per heavy atom. The van der Waals surface area contributed by atoms with Gasteiger partial charge in [-0.3, -0.25) is 4.79 Å². The molecule has 0 aliphatic heterocycles. The monoisotopic (exact) mass is 386 g/mol. The summed E-state index contributed by atoms with van der Waals surface area (Å²) < 4.78 is 11.6. The Bertz CT molecular complexity index is 1130. The van der Waals surface area contributed by atoms with Crippen LogP contribution in [0, 0.1) is 13.8 Å². The van der Waals surface area contributed by atoms with E-state index >= 15 is 0 Å². The predicted molar refractivity (Wildman–Crippen MR) is 114 cm³/mol. The number of ether oxygens (including phenoxy) is 1. The molecule has 0 spiro atoms. The van der Waals surface area contributed by atoms with Crippen LogP contribution in [0.15, 0.2) is 71.1 Å². The summed E-state index contributed by atoms with van der Waals surface area (Å²) in [5, 5.41) is 2.88. The fraction of sp³-hybridized carbons (Fsp3) is 0.167. The highest BCUT2D eigenvalue weighted by atomic mass is 16.5. The molecular weight excluding hydrogens is 364 g/mol. The van der Waals surface area contributed by atoms with Crippen molar-refractivity contribution in [1.29, 1.82) is 0 Å². The number of oxazole rings is 1. The van der Waals surface area contributed by atoms with E-state index in [0.29, 0.717) is 17.3 Å². The van der Waals surface area contributed by atoms with Crippen LogP contribution < -0.4 is 10.1 Å². The third-order valence-corrected chi connectivity index (χ3v) is 4.85. The molecule has 1 heterocycles. The normalized spacial score (nSPS) is 12.0. The maximum absolute atomic E-state index is 12.5. The number of hydrogen-bond acceptors (Lipinski definition) is 4. The molecule has 4 rings (SSSR count). The first kappa shape index (κ1) is 18.7. The maximum atomic E-state index is 12.5. The van der Waals surface area contributed by atoms with E-state index in [-0.39, 0.29) is 5.91 Å². The molecule has 1 aromatic heterocycles. The number of carbonyl (C=O) groups excluding carboxylic acids is 1. The minimum Gasteiger partial charge on any atom is -0.481 e. The van der Waals surface area contributed by atoms with Gasteiger partial charge in [-0.1, -0.05) is 18.2 Å². The average molecular weight is 386 g/mol. The van der Waals surface area contributed by atoms with Gasteiger partial charge < -0.3 is 14.5 Å². The lowest BCUT2D eigenvalue weighted by atomic mass is 10.1. The number of amides is 1. The molecule has 29 heavy (non-hydrogen) atoms. The lowest BCUT2D eigenvalue weighted by Gasteiger charge is -2.15. The molecule has 0 unspecified atom stereocenters. The number of rotatable bonds is 5. The van der Waals surface area contributed by atoms with Gasteiger partial charge in [0.15, 0.2) is 11.7 Å². The van der Waals surface area contributed by atoms with E-state index in [0.717, 1.165) is 22.2 Å². The van der Waals surface area contributed by atoms with Crippen LogP contribution in [0.1, 0.15) is 18.1 Å². The molecule has 0 aliphatic carbocycles. The maximum Gasteiger partial charge on any atom is 0.265 e. The van der Waals surface area contributed by atoms with E-state index in [1.807, 2.05) is 80.6 Å². The molecule has 5 nitrogen and oxygen atoms in total. The van der Waals surface area contributed by atoms with Crippen LogP contribution in [0.25, 0.3) is 22.6 Å². The van der Waals surface area contributed by atoms with E-state index in [9.17, 15) is 4.79 Å². The molecule has 0 aliphatic rings. The molecule has 4 aromatic rings. The molecule has 1 atom stereocenters. The van der Waals surface area contributed by atoms with Crippen molar-refractivity contribution in [3.8, 4) is 17.2 Å². The van der Waals surface area contributed by atoms with Crippen molar-refractivity contribution in [2.75, 3.05) is 5.32 Å². The Morgan fingerprint density at radius 3 is 2.48 bits per heavy atom. The third-order valence-electron chi connectivity index (χ3n) is 4.85. The highest BCUT2D eigenvalue weighted by molar-refractivity contribution is 5.94. The fourth-order valence-corrected chi connectivity index (χ4v) is 2.98. The van der Waals surface area contributed by atoms with Gasteiger partial charge in [-0.05, 0) is 80.4 Å². The molecule has 0 radical (unpaired) electrons. The van der Waals surface area contributed by atoms with E-state index in [2.05, 4.69) is 10.3 Å². The van der Waals surface area contributed by atoms with Crippen molar-refractivity contribution in [3.63, 3.8) is 0 Å². The molecule has 0 bridgehead atoms. The second kappa shape index (κ2) is 7.80. The second-order valence-electron chi connectivity index (χ2n) is 7.06. The average Bonchev–Trinajstić information content (AvgIpc) is 3.15. The number of para-hydroxylation sites is 2. The quantitative estimate of drug-likeness (QED) is 0.491. The zero-order valence-electron chi connectivity index (χ0n) is 16.6. The number of benzene rings is 3. The summed E-state index contributed by atoms with van der Waals surface area (Å²) in [6.07, 6.45) is -0.617. The zero-order chi connectivity index (χ0) is 20.4. The lowest BCUT2D eigenvalue weighted by Crippen LogP contribution is -2.30. The number of nitrogens with zero attached hydrogens (tertiary/aromatic N) is 1. The summed E-state index contributed by atoms with van der Waals surface area (Å²) in [5.41, 5.74) is 5.41. The largest absolute Gasteiger partial charge is 0.481 e. The number of anilines is 1. The van der Waals surface area contributed by atoms with Crippen LogP contribution in [0.5, 0.6) is 5.75 Å². The van der Waals surface area contributed by atoms with E-state index in [1.54, 1.807) is 6.92 Å². The van der Waals surface area contributed by atoms with Gasteiger partial charge in [0.05, 0.1) is 0 Å². The van der Waals surface area contributed by atoms with Gasteiger partial charge in [0, 0.05) is 11.3 Å². The number of hydrogen-bond donors (Lipinski definition) is 1. The third kappa shape index (κ3) is 4.14. The van der Waals surface area contributed by atoms with Crippen LogP contribution in [0.3, 0.4) is 0 Å². The van der Waals surface area contributed by atoms with E-state index in [1.165, 1.54) is 5.56 Å². The smallest absolute Gasteiger partial charge is 0.265 e. The van der Waals surface area contributed by atoms with Gasteiger partial charge in [0.25, 0.3) is 5.91 Å². The molecule has 146 valence electrons. The summed E-state index contributed by atoms with van der Waals surface area (Å²) in [4.78, 5) is 17.0. The number of aryl methyl sites for hydroxylation is 2. The Morgan fingerprint density at radius 1 is 1.00 bits per heavy atom. The predicted octanol–water partition coefficient (Wildman–Crippen LogP) is 5.52. The Hall–Kier alpha value is -3.60. The fourth-order valence-electron chi connectivity index (χ4n) is 2.98. The van der Waals surface area contributed by atoms with Gasteiger partial charge in [-0.25, -0.2) is 4.98 Å². The highest BCUT2D eigenvalue weighted by Crippen LogP contribution is 2.25. The van der Waals surface area contributed by atoms with Crippen molar-refractivity contribution in [2.24, 2.45) is 0 Å². The first-order valence-electron chi connectivity index (χ1n) is 9.50. The van der Waals surface area contributed by atoms with Crippen LogP contribution in [0.2, 0.25) is 0 Å². The van der Waals surface area contributed by atoms with E-state index in [4.69, 9.17) is 9.15 Å². The van der Waals surface area contributed by atoms with Crippen LogP contribution in [0.4, 0.5) is 5.69 Å². The SMILES string of the molecule is Cc1ccc(O[C@H](C)C(=O)Nc2ccc(-c3nc4ccccc4o3)cc2)cc1C. The highest BCUT2D eigenvalue weighted by Gasteiger charge is 2.15. The summed E-state index contributed by atoms with van der Waals surface area (Å²) in [6, 6.07) is 20.8. The van der Waals surface area contributed by atoms with Crippen molar-refractivity contribution >= 4 is 22.7 Å². The first-order valence-corrected chi connectivity index (χ1v) is 9.50. The molecule has 0 saturated heterocycles. The number of nitrogens with one attached hydrogen (secondary N) is 1. The Balaban J connectivity index is 1.42. The summed E-state index contributed by atoms with van der Waals surface area (Å²) in [6.45, 7) is 5.79.